The van der Waals surface area contributed by atoms with E-state index in [1.54, 1.807) is 11.4 Å². The predicted molar refractivity (Wildman–Crippen MR) is 81.8 cm³/mol. The number of carbonyl (C=O) groups excluding carboxylic acids is 2. The van der Waals surface area contributed by atoms with E-state index in [-0.39, 0.29) is 11.7 Å². The molecule has 0 saturated heterocycles. The fraction of sp³-hybridized carbons (Fsp3) is 0.417. The second kappa shape index (κ2) is 8.65. The van der Waals surface area contributed by atoms with Crippen molar-refractivity contribution < 1.29 is 24.2 Å². The molecule has 0 aliphatic carbocycles. The van der Waals surface area contributed by atoms with Gasteiger partial charge in [-0.05, 0) is 23.6 Å². The van der Waals surface area contributed by atoms with Crippen LogP contribution in [0.4, 0.5) is 5.69 Å². The Balaban J connectivity index is 2.36. The molecule has 7 nitrogen and oxygen atoms in total. The average Bonchev–Trinajstić information content (AvgIpc) is 2.90. The number of hydrogen-bond acceptors (Lipinski definition) is 7. The Morgan fingerprint density at radius 3 is 2.86 bits per heavy atom. The molecule has 0 bridgehead atoms. The minimum absolute atomic E-state index is 0.156. The summed E-state index contributed by atoms with van der Waals surface area (Å²) in [6, 6.07) is 0.711. The number of thioether (sulfide) groups is 1. The molecule has 1 amide bonds. The van der Waals surface area contributed by atoms with E-state index in [1.807, 2.05) is 0 Å². The highest BCUT2D eigenvalue weighted by Gasteiger charge is 2.16. The van der Waals surface area contributed by atoms with Crippen molar-refractivity contribution in [2.75, 3.05) is 23.9 Å². The van der Waals surface area contributed by atoms with E-state index in [0.29, 0.717) is 22.7 Å². The summed E-state index contributed by atoms with van der Waals surface area (Å²) in [6.07, 6.45) is 0.291. The molecular formula is C12H16N2O5S2. The van der Waals surface area contributed by atoms with Crippen LogP contribution in [-0.2, 0) is 14.3 Å². The van der Waals surface area contributed by atoms with Crippen molar-refractivity contribution in [3.63, 3.8) is 0 Å². The zero-order valence-corrected chi connectivity index (χ0v) is 13.0. The first-order valence-electron chi connectivity index (χ1n) is 5.97. The van der Waals surface area contributed by atoms with E-state index >= 15 is 0 Å². The van der Waals surface area contributed by atoms with Crippen molar-refractivity contribution >= 4 is 46.6 Å². The molecule has 0 saturated carbocycles. The molecule has 0 aromatic carbocycles. The number of esters is 1. The molecule has 1 aromatic rings. The molecule has 1 rings (SSSR count). The van der Waals surface area contributed by atoms with E-state index in [4.69, 9.17) is 10.8 Å². The standard InChI is InChI=1S/C12H16N2O5S2/c1-19-12(18)10-8(3-5-21-10)14-9(15)6-20-4-2-7(13)11(16)17/h3,5,7H,2,4,6,13H2,1H3,(H,14,15)(H,16,17). The number of methoxy groups -OCH3 is 1. The summed E-state index contributed by atoms with van der Waals surface area (Å²) in [5, 5.41) is 12.9. The monoisotopic (exact) mass is 332 g/mol. The highest BCUT2D eigenvalue weighted by atomic mass is 32.2. The van der Waals surface area contributed by atoms with Gasteiger partial charge in [-0.25, -0.2) is 4.79 Å². The first-order chi connectivity index (χ1) is 9.95. The number of rotatable bonds is 8. The first kappa shape index (κ1) is 17.5. The van der Waals surface area contributed by atoms with Crippen LogP contribution < -0.4 is 11.1 Å². The summed E-state index contributed by atoms with van der Waals surface area (Å²) in [5.41, 5.74) is 5.76. The molecule has 0 fully saturated rings. The highest BCUT2D eigenvalue weighted by molar-refractivity contribution is 7.99. The van der Waals surface area contributed by atoms with Gasteiger partial charge in [0.25, 0.3) is 0 Å². The van der Waals surface area contributed by atoms with Crippen LogP contribution in [-0.4, -0.2) is 47.6 Å². The third-order valence-electron chi connectivity index (χ3n) is 2.43. The van der Waals surface area contributed by atoms with Gasteiger partial charge in [0, 0.05) is 0 Å². The van der Waals surface area contributed by atoms with Gasteiger partial charge in [-0.3, -0.25) is 9.59 Å². The maximum atomic E-state index is 11.7. The summed E-state index contributed by atoms with van der Waals surface area (Å²) in [4.78, 5) is 34.0. The first-order valence-corrected chi connectivity index (χ1v) is 8.01. The number of nitrogens with two attached hydrogens (primary N) is 1. The summed E-state index contributed by atoms with van der Waals surface area (Å²) in [7, 11) is 1.27. The molecule has 1 heterocycles. The number of anilines is 1. The largest absolute Gasteiger partial charge is 0.480 e. The molecule has 21 heavy (non-hydrogen) atoms. The number of carboxylic acid groups (broad SMARTS) is 1. The molecule has 1 aromatic heterocycles. The number of nitrogens with one attached hydrogen (secondary N) is 1. The van der Waals surface area contributed by atoms with Gasteiger partial charge < -0.3 is 20.9 Å². The quantitative estimate of drug-likeness (QED) is 0.480. The van der Waals surface area contributed by atoms with Crippen molar-refractivity contribution in [3.8, 4) is 0 Å². The second-order valence-corrected chi connectivity index (χ2v) is 6.01. The fourth-order valence-electron chi connectivity index (χ4n) is 1.34. The van der Waals surface area contributed by atoms with E-state index in [2.05, 4.69) is 10.1 Å². The fourth-order valence-corrected chi connectivity index (χ4v) is 2.93. The molecule has 116 valence electrons. The third kappa shape index (κ3) is 5.74. The van der Waals surface area contributed by atoms with Gasteiger partial charge >= 0.3 is 11.9 Å². The number of thiophene rings is 1. The van der Waals surface area contributed by atoms with Gasteiger partial charge in [-0.1, -0.05) is 0 Å². The summed E-state index contributed by atoms with van der Waals surface area (Å²) in [5.74, 6) is -1.20. The number of ether oxygens (including phenoxy) is 1. The summed E-state index contributed by atoms with van der Waals surface area (Å²) >= 11 is 2.46. The van der Waals surface area contributed by atoms with Crippen molar-refractivity contribution in [1.82, 2.24) is 0 Å². The zero-order valence-electron chi connectivity index (χ0n) is 11.3. The maximum absolute atomic E-state index is 11.7. The van der Waals surface area contributed by atoms with Crippen LogP contribution in [0, 0.1) is 0 Å². The summed E-state index contributed by atoms with van der Waals surface area (Å²) < 4.78 is 4.61. The van der Waals surface area contributed by atoms with Crippen molar-refractivity contribution in [2.45, 2.75) is 12.5 Å². The van der Waals surface area contributed by atoms with E-state index < -0.39 is 18.0 Å². The van der Waals surface area contributed by atoms with Gasteiger partial charge in [0.2, 0.25) is 5.91 Å². The minimum Gasteiger partial charge on any atom is -0.480 e. The van der Waals surface area contributed by atoms with E-state index in [1.165, 1.54) is 30.2 Å². The van der Waals surface area contributed by atoms with Crippen molar-refractivity contribution in [2.24, 2.45) is 5.73 Å². The van der Waals surface area contributed by atoms with Crippen LogP contribution >= 0.6 is 23.1 Å². The Hall–Kier alpha value is -1.58. The van der Waals surface area contributed by atoms with E-state index in [0.717, 1.165) is 0 Å². The molecule has 1 unspecified atom stereocenters. The van der Waals surface area contributed by atoms with Crippen LogP contribution in [0.5, 0.6) is 0 Å². The smallest absolute Gasteiger partial charge is 0.350 e. The number of carboxylic acids is 1. The maximum Gasteiger partial charge on any atom is 0.350 e. The Bertz CT molecular complexity index is 518. The molecule has 0 spiro atoms. The Morgan fingerprint density at radius 1 is 1.52 bits per heavy atom. The van der Waals surface area contributed by atoms with Crippen molar-refractivity contribution in [3.05, 3.63) is 16.3 Å². The lowest BCUT2D eigenvalue weighted by molar-refractivity contribution is -0.138. The van der Waals surface area contributed by atoms with Gasteiger partial charge in [0.1, 0.15) is 10.9 Å². The predicted octanol–water partition coefficient (Wildman–Crippen LogP) is 1.01. The zero-order chi connectivity index (χ0) is 15.8. The molecule has 0 radical (unpaired) electrons. The van der Waals surface area contributed by atoms with Crippen LogP contribution in [0.1, 0.15) is 16.1 Å². The van der Waals surface area contributed by atoms with Crippen LogP contribution in [0.2, 0.25) is 0 Å². The van der Waals surface area contributed by atoms with Gasteiger partial charge in [-0.15, -0.1) is 11.3 Å². The lowest BCUT2D eigenvalue weighted by atomic mass is 10.2. The number of hydrogen-bond donors (Lipinski definition) is 3. The molecule has 1 atom stereocenters. The Kier molecular flexibility index (Phi) is 7.20. The molecular weight excluding hydrogens is 316 g/mol. The second-order valence-electron chi connectivity index (χ2n) is 3.99. The molecule has 9 heteroatoms. The SMILES string of the molecule is COC(=O)c1sccc1NC(=O)CSCCC(N)C(=O)O. The molecule has 0 aliphatic heterocycles. The van der Waals surface area contributed by atoms with Crippen LogP contribution in [0.15, 0.2) is 11.4 Å². The van der Waals surface area contributed by atoms with E-state index in [9.17, 15) is 14.4 Å². The average molecular weight is 332 g/mol. The number of amides is 1. The van der Waals surface area contributed by atoms with Crippen LogP contribution in [0.3, 0.4) is 0 Å². The van der Waals surface area contributed by atoms with Gasteiger partial charge in [-0.2, -0.15) is 11.8 Å². The lowest BCUT2D eigenvalue weighted by Gasteiger charge is -2.07. The highest BCUT2D eigenvalue weighted by Crippen LogP contribution is 2.23. The third-order valence-corrected chi connectivity index (χ3v) is 4.32. The molecule has 0 aliphatic rings. The minimum atomic E-state index is -1.05. The normalized spacial score (nSPS) is 11.7. The van der Waals surface area contributed by atoms with Gasteiger partial charge in [0.05, 0.1) is 18.6 Å². The van der Waals surface area contributed by atoms with Gasteiger partial charge in [0.15, 0.2) is 0 Å². The number of carbonyl (C=O) groups is 3. The lowest BCUT2D eigenvalue weighted by Crippen LogP contribution is -2.30. The van der Waals surface area contributed by atoms with Crippen LogP contribution in [0.25, 0.3) is 0 Å². The number of aliphatic carboxylic acids is 1. The topological polar surface area (TPSA) is 119 Å². The Labute approximate surface area is 129 Å². The Morgan fingerprint density at radius 2 is 2.24 bits per heavy atom. The molecule has 4 N–H and O–H groups in total. The van der Waals surface area contributed by atoms with Crippen molar-refractivity contribution in [1.29, 1.82) is 0 Å². The summed E-state index contributed by atoms with van der Waals surface area (Å²) in [6.45, 7) is 0.